The molecule has 0 aromatic heterocycles. The van der Waals surface area contributed by atoms with Gasteiger partial charge in [-0.2, -0.15) is 0 Å². The van der Waals surface area contributed by atoms with Gasteiger partial charge in [0.05, 0.1) is 0 Å². The predicted molar refractivity (Wildman–Crippen MR) is 175 cm³/mol. The molecule has 0 spiro atoms. The van der Waals surface area contributed by atoms with Crippen molar-refractivity contribution in [1.82, 2.24) is 0 Å². The summed E-state index contributed by atoms with van der Waals surface area (Å²) in [5, 5.41) is 4.42. The number of halogens is 1. The third-order valence-electron chi connectivity index (χ3n) is 7.71. The van der Waals surface area contributed by atoms with Gasteiger partial charge in [0, 0.05) is 6.61 Å². The van der Waals surface area contributed by atoms with Crippen molar-refractivity contribution >= 4 is 42.2 Å². The summed E-state index contributed by atoms with van der Waals surface area (Å²) in [6.07, 6.45) is 17.9. The van der Waals surface area contributed by atoms with E-state index in [9.17, 15) is 0 Å². The first-order chi connectivity index (χ1) is 18.7. The summed E-state index contributed by atoms with van der Waals surface area (Å²) in [4.78, 5) is 0. The van der Waals surface area contributed by atoms with Crippen molar-refractivity contribution in [3.63, 3.8) is 0 Å². The second kappa shape index (κ2) is 15.3. The third-order valence-corrected chi connectivity index (χ3v) is 19.4. The minimum absolute atomic E-state index is 0.0562. The maximum atomic E-state index is 5.85. The molecule has 1 fully saturated rings. The van der Waals surface area contributed by atoms with Crippen molar-refractivity contribution in [3.8, 4) is 0 Å². The van der Waals surface area contributed by atoms with Gasteiger partial charge in [-0.05, 0) is 19.3 Å². The zero-order valence-electron chi connectivity index (χ0n) is 22.7. The Morgan fingerprint density at radius 1 is 0.684 bits per heavy atom. The molecule has 0 aliphatic carbocycles. The van der Waals surface area contributed by atoms with Crippen LogP contribution in [0.1, 0.15) is 64.2 Å². The molecular weight excluding hydrogens is 598 g/mol. The molecule has 3 aromatic rings. The number of hydrogen-bond donors (Lipinski definition) is 0. The molecule has 1 aliphatic rings. The molecule has 4 heteroatoms. The van der Waals surface area contributed by atoms with Crippen LogP contribution in [-0.4, -0.2) is 25.7 Å². The van der Waals surface area contributed by atoms with Gasteiger partial charge in [0.2, 0.25) is 0 Å². The summed E-state index contributed by atoms with van der Waals surface area (Å²) in [7, 11) is 0. The average molecular weight is 643 g/mol. The van der Waals surface area contributed by atoms with Crippen LogP contribution in [0.4, 0.5) is 0 Å². The molecule has 38 heavy (non-hydrogen) atoms. The molecule has 0 saturated carbocycles. The first-order valence-corrected chi connectivity index (χ1v) is 19.7. The Morgan fingerprint density at radius 2 is 1.21 bits per heavy atom. The average Bonchev–Trinajstić information content (AvgIpc) is 2.99. The van der Waals surface area contributed by atoms with Crippen LogP contribution >= 0.6 is 26.3 Å². The summed E-state index contributed by atoms with van der Waals surface area (Å²) >= 11 is 2.90. The fraction of sp³-hybridized carbons (Fsp3) is 0.412. The van der Waals surface area contributed by atoms with Crippen LogP contribution < -0.4 is 15.9 Å². The van der Waals surface area contributed by atoms with Crippen molar-refractivity contribution in [2.75, 3.05) is 19.4 Å². The van der Waals surface area contributed by atoms with E-state index in [2.05, 4.69) is 125 Å². The van der Waals surface area contributed by atoms with Gasteiger partial charge < -0.3 is 4.74 Å². The van der Waals surface area contributed by atoms with Gasteiger partial charge in [0.25, 0.3) is 0 Å². The van der Waals surface area contributed by atoms with E-state index in [0.717, 1.165) is 32.5 Å². The standard InChI is InChI=1S/C34H44IO2P/c35-38(31-21-11-8-12-22-31,32-23-13-9-14-24-32,33-25-15-10-16-26-33)30-20-7-5-3-1-2-4-6-18-28-36-34-27-17-19-29-37-34/h3,5,8-16,21-26,34H,1-2,4,6-7,17-20,27-30H2/b5-3-. The molecule has 0 amide bonds. The van der Waals surface area contributed by atoms with Crippen LogP contribution in [0.15, 0.2) is 103 Å². The molecule has 1 saturated heterocycles. The Bertz CT molecular complexity index is 982. The molecular formula is C34H44IO2P. The zero-order valence-corrected chi connectivity index (χ0v) is 25.8. The van der Waals surface area contributed by atoms with Gasteiger partial charge in [0.1, 0.15) is 0 Å². The van der Waals surface area contributed by atoms with Gasteiger partial charge in [-0.15, -0.1) is 0 Å². The minimum atomic E-state index is -2.63. The first-order valence-electron chi connectivity index (χ1n) is 14.5. The SMILES string of the molecule is IP(CCC/C=C\CCCCCCOC1CCCCO1)(c1ccccc1)(c1ccccc1)c1ccccc1. The number of unbranched alkanes of at least 4 members (excludes halogenated alkanes) is 5. The molecule has 3 aromatic carbocycles. The van der Waals surface area contributed by atoms with Crippen LogP contribution in [0.5, 0.6) is 0 Å². The summed E-state index contributed by atoms with van der Waals surface area (Å²) < 4.78 is 8.87. The van der Waals surface area contributed by atoms with E-state index >= 15 is 0 Å². The zero-order chi connectivity index (χ0) is 26.4. The first kappa shape index (κ1) is 29.5. The van der Waals surface area contributed by atoms with Gasteiger partial charge in [0.15, 0.2) is 6.29 Å². The van der Waals surface area contributed by atoms with Crippen LogP contribution in [0.2, 0.25) is 0 Å². The Hall–Kier alpha value is -1.52. The van der Waals surface area contributed by atoms with Crippen LogP contribution in [0.3, 0.4) is 0 Å². The molecule has 4 rings (SSSR count). The second-order valence-corrected chi connectivity index (χ2v) is 21.1. The molecule has 1 aliphatic heterocycles. The number of rotatable bonds is 15. The molecule has 1 atom stereocenters. The van der Waals surface area contributed by atoms with Crippen LogP contribution in [-0.2, 0) is 9.47 Å². The second-order valence-electron chi connectivity index (χ2n) is 10.4. The topological polar surface area (TPSA) is 18.5 Å². The van der Waals surface area contributed by atoms with E-state index in [1.54, 1.807) is 0 Å². The third kappa shape index (κ3) is 7.56. The van der Waals surface area contributed by atoms with E-state index < -0.39 is 4.25 Å². The van der Waals surface area contributed by atoms with E-state index in [4.69, 9.17) is 9.47 Å². The normalized spacial score (nSPS) is 17.3. The van der Waals surface area contributed by atoms with Crippen molar-refractivity contribution < 1.29 is 9.47 Å². The maximum absolute atomic E-state index is 5.85. The van der Waals surface area contributed by atoms with Crippen LogP contribution in [0, 0.1) is 0 Å². The number of ether oxygens (including phenoxy) is 2. The van der Waals surface area contributed by atoms with Crippen molar-refractivity contribution in [1.29, 1.82) is 0 Å². The summed E-state index contributed by atoms with van der Waals surface area (Å²) in [6, 6.07) is 33.8. The van der Waals surface area contributed by atoms with E-state index in [0.29, 0.717) is 0 Å². The molecule has 0 N–H and O–H groups in total. The number of hydrogen-bond acceptors (Lipinski definition) is 2. The summed E-state index contributed by atoms with van der Waals surface area (Å²) in [6.45, 7) is 1.70. The monoisotopic (exact) mass is 642 g/mol. The van der Waals surface area contributed by atoms with Gasteiger partial charge in [-0.3, -0.25) is 0 Å². The Morgan fingerprint density at radius 3 is 1.74 bits per heavy atom. The molecule has 204 valence electrons. The van der Waals surface area contributed by atoms with Crippen LogP contribution in [0.25, 0.3) is 0 Å². The number of benzene rings is 3. The van der Waals surface area contributed by atoms with Crippen molar-refractivity contribution in [3.05, 3.63) is 103 Å². The van der Waals surface area contributed by atoms with E-state index in [1.807, 2.05) is 0 Å². The Balaban J connectivity index is 1.30. The van der Waals surface area contributed by atoms with Crippen molar-refractivity contribution in [2.24, 2.45) is 0 Å². The molecule has 0 radical (unpaired) electrons. The van der Waals surface area contributed by atoms with Crippen molar-refractivity contribution in [2.45, 2.75) is 70.5 Å². The van der Waals surface area contributed by atoms with Gasteiger partial charge in [-0.1, -0.05) is 0 Å². The predicted octanol–water partition coefficient (Wildman–Crippen LogP) is 8.70. The quantitative estimate of drug-likeness (QED) is 0.0715. The van der Waals surface area contributed by atoms with E-state index in [-0.39, 0.29) is 6.29 Å². The number of allylic oxidation sites excluding steroid dienone is 2. The molecule has 2 nitrogen and oxygen atoms in total. The Labute approximate surface area is 243 Å². The Kier molecular flexibility index (Phi) is 11.9. The van der Waals surface area contributed by atoms with E-state index in [1.165, 1.54) is 67.0 Å². The molecule has 1 heterocycles. The summed E-state index contributed by atoms with van der Waals surface area (Å²) in [5.74, 6) is 0. The van der Waals surface area contributed by atoms with Gasteiger partial charge in [-0.25, -0.2) is 0 Å². The fourth-order valence-electron chi connectivity index (χ4n) is 5.57. The molecule has 1 unspecified atom stereocenters. The summed E-state index contributed by atoms with van der Waals surface area (Å²) in [5.41, 5.74) is 0. The molecule has 0 bridgehead atoms. The fourth-order valence-corrected chi connectivity index (χ4v) is 14.3. The van der Waals surface area contributed by atoms with Gasteiger partial charge >= 0.3 is 208 Å².